The van der Waals surface area contributed by atoms with Crippen LogP contribution in [0.5, 0.6) is 0 Å². The van der Waals surface area contributed by atoms with E-state index < -0.39 is 0 Å². The van der Waals surface area contributed by atoms with Crippen molar-refractivity contribution < 1.29 is 4.74 Å². The number of hydrogen-bond acceptors (Lipinski definition) is 2. The molecule has 2 nitrogen and oxygen atoms in total. The van der Waals surface area contributed by atoms with Crippen LogP contribution in [0, 0.1) is 5.92 Å². The minimum absolute atomic E-state index is 0.554. The Bertz CT molecular complexity index is 299. The highest BCUT2D eigenvalue weighted by Gasteiger charge is 2.04. The number of ether oxygens (including phenoxy) is 1. The Morgan fingerprint density at radius 3 is 2.88 bits per heavy atom. The van der Waals surface area contributed by atoms with E-state index in [4.69, 9.17) is 10.5 Å². The zero-order chi connectivity index (χ0) is 11.8. The Labute approximate surface area is 98.8 Å². The third kappa shape index (κ3) is 5.17. The Morgan fingerprint density at radius 2 is 2.19 bits per heavy atom. The molecule has 0 saturated heterocycles. The zero-order valence-electron chi connectivity index (χ0n) is 10.4. The van der Waals surface area contributed by atoms with Gasteiger partial charge in [-0.2, -0.15) is 0 Å². The maximum Gasteiger partial charge on any atom is 0.0494 e. The minimum Gasteiger partial charge on any atom is -0.399 e. The van der Waals surface area contributed by atoms with Gasteiger partial charge in [0.2, 0.25) is 0 Å². The van der Waals surface area contributed by atoms with Crippen molar-refractivity contribution in [2.45, 2.75) is 33.1 Å². The summed E-state index contributed by atoms with van der Waals surface area (Å²) in [7, 11) is 0. The molecule has 1 rings (SSSR count). The molecular weight excluding hydrogens is 198 g/mol. The van der Waals surface area contributed by atoms with Crippen LogP contribution in [0.3, 0.4) is 0 Å². The lowest BCUT2D eigenvalue weighted by Gasteiger charge is -2.12. The molecule has 0 bridgehead atoms. The fourth-order valence-corrected chi connectivity index (χ4v) is 1.71. The number of benzene rings is 1. The molecule has 0 aliphatic carbocycles. The van der Waals surface area contributed by atoms with Gasteiger partial charge < -0.3 is 10.5 Å². The van der Waals surface area contributed by atoms with Gasteiger partial charge in [0.05, 0.1) is 0 Å². The quantitative estimate of drug-likeness (QED) is 0.566. The summed E-state index contributed by atoms with van der Waals surface area (Å²) in [5.74, 6) is 0.554. The van der Waals surface area contributed by atoms with E-state index >= 15 is 0 Å². The van der Waals surface area contributed by atoms with E-state index in [2.05, 4.69) is 19.9 Å². The first-order valence-corrected chi connectivity index (χ1v) is 6.14. The van der Waals surface area contributed by atoms with Crippen molar-refractivity contribution >= 4 is 5.69 Å². The molecule has 1 unspecified atom stereocenters. The number of nitrogen functional groups attached to an aromatic ring is 1. The van der Waals surface area contributed by atoms with Crippen molar-refractivity contribution in [3.05, 3.63) is 29.8 Å². The number of hydrogen-bond donors (Lipinski definition) is 1. The smallest absolute Gasteiger partial charge is 0.0494 e. The zero-order valence-corrected chi connectivity index (χ0v) is 10.4. The van der Waals surface area contributed by atoms with Crippen LogP contribution >= 0.6 is 0 Å². The Hall–Kier alpha value is -1.02. The van der Waals surface area contributed by atoms with Crippen molar-refractivity contribution in [2.75, 3.05) is 18.9 Å². The molecule has 0 aromatic heterocycles. The molecule has 0 amide bonds. The molecule has 1 atom stereocenters. The van der Waals surface area contributed by atoms with Crippen LogP contribution in [0.1, 0.15) is 32.3 Å². The van der Waals surface area contributed by atoms with Gasteiger partial charge in [-0.15, -0.1) is 0 Å². The predicted octanol–water partition coefficient (Wildman–Crippen LogP) is 3.26. The Kier molecular flexibility index (Phi) is 5.94. The normalized spacial score (nSPS) is 12.6. The molecule has 0 fully saturated rings. The van der Waals surface area contributed by atoms with Crippen LogP contribution < -0.4 is 5.73 Å². The lowest BCUT2D eigenvalue weighted by Crippen LogP contribution is -2.09. The van der Waals surface area contributed by atoms with Gasteiger partial charge in [0, 0.05) is 18.9 Å². The highest BCUT2D eigenvalue weighted by atomic mass is 16.5. The SMILES string of the molecule is CCCCOCC(C)Cc1cccc(N)c1. The molecule has 2 heteroatoms. The predicted molar refractivity (Wildman–Crippen MR) is 69.4 cm³/mol. The summed E-state index contributed by atoms with van der Waals surface area (Å²) in [6.45, 7) is 6.13. The van der Waals surface area contributed by atoms with Crippen molar-refractivity contribution in [1.82, 2.24) is 0 Å². The molecule has 0 radical (unpaired) electrons. The lowest BCUT2D eigenvalue weighted by atomic mass is 10.0. The van der Waals surface area contributed by atoms with Gasteiger partial charge in [0.25, 0.3) is 0 Å². The van der Waals surface area contributed by atoms with E-state index in [0.29, 0.717) is 5.92 Å². The molecular formula is C14H23NO. The second-order valence-corrected chi connectivity index (χ2v) is 4.48. The first-order chi connectivity index (χ1) is 7.72. The number of anilines is 1. The molecule has 90 valence electrons. The van der Waals surface area contributed by atoms with E-state index in [9.17, 15) is 0 Å². The summed E-state index contributed by atoms with van der Waals surface area (Å²) >= 11 is 0. The largest absolute Gasteiger partial charge is 0.399 e. The minimum atomic E-state index is 0.554. The number of nitrogens with two attached hydrogens (primary N) is 1. The Balaban J connectivity index is 2.25. The summed E-state index contributed by atoms with van der Waals surface area (Å²) < 4.78 is 5.61. The number of rotatable bonds is 7. The van der Waals surface area contributed by atoms with Gasteiger partial charge in [-0.1, -0.05) is 32.4 Å². The molecule has 0 saturated carbocycles. The van der Waals surface area contributed by atoms with Gasteiger partial charge in [-0.25, -0.2) is 0 Å². The monoisotopic (exact) mass is 221 g/mol. The van der Waals surface area contributed by atoms with Crippen LogP contribution in [0.2, 0.25) is 0 Å². The maximum absolute atomic E-state index is 5.74. The molecule has 2 N–H and O–H groups in total. The molecule has 1 aromatic rings. The summed E-state index contributed by atoms with van der Waals surface area (Å²) in [5, 5.41) is 0. The second kappa shape index (κ2) is 7.29. The van der Waals surface area contributed by atoms with Gasteiger partial charge in [-0.05, 0) is 36.5 Å². The molecule has 0 heterocycles. The molecule has 0 aliphatic heterocycles. The summed E-state index contributed by atoms with van der Waals surface area (Å²) in [4.78, 5) is 0. The fraction of sp³-hybridized carbons (Fsp3) is 0.571. The van der Waals surface area contributed by atoms with Crippen molar-refractivity contribution in [3.63, 3.8) is 0 Å². The van der Waals surface area contributed by atoms with Gasteiger partial charge >= 0.3 is 0 Å². The van der Waals surface area contributed by atoms with Crippen LogP contribution in [0.4, 0.5) is 5.69 Å². The van der Waals surface area contributed by atoms with E-state index in [1.54, 1.807) is 0 Å². The standard InChI is InChI=1S/C14H23NO/c1-3-4-8-16-11-12(2)9-13-6-5-7-14(15)10-13/h5-7,10,12H,3-4,8-9,11,15H2,1-2H3. The van der Waals surface area contributed by atoms with Crippen LogP contribution in [0.15, 0.2) is 24.3 Å². The highest BCUT2D eigenvalue weighted by Crippen LogP contribution is 2.12. The molecule has 1 aromatic carbocycles. The summed E-state index contributed by atoms with van der Waals surface area (Å²) in [6, 6.07) is 8.10. The van der Waals surface area contributed by atoms with Crippen molar-refractivity contribution in [3.8, 4) is 0 Å². The van der Waals surface area contributed by atoms with E-state index in [1.165, 1.54) is 12.0 Å². The van der Waals surface area contributed by atoms with Gasteiger partial charge in [0.15, 0.2) is 0 Å². The Morgan fingerprint density at radius 1 is 1.38 bits per heavy atom. The summed E-state index contributed by atoms with van der Waals surface area (Å²) in [6.07, 6.45) is 3.39. The maximum atomic E-state index is 5.74. The van der Waals surface area contributed by atoms with Crippen molar-refractivity contribution in [1.29, 1.82) is 0 Å². The van der Waals surface area contributed by atoms with Crippen molar-refractivity contribution in [2.24, 2.45) is 5.92 Å². The van der Waals surface area contributed by atoms with Gasteiger partial charge in [-0.3, -0.25) is 0 Å². The first kappa shape index (κ1) is 13.0. The molecule has 0 aliphatic rings. The molecule has 16 heavy (non-hydrogen) atoms. The van der Waals surface area contributed by atoms with Crippen LogP contribution in [0.25, 0.3) is 0 Å². The topological polar surface area (TPSA) is 35.2 Å². The third-order valence-electron chi connectivity index (χ3n) is 2.58. The van der Waals surface area contributed by atoms with E-state index in [1.807, 2.05) is 18.2 Å². The first-order valence-electron chi connectivity index (χ1n) is 6.14. The highest BCUT2D eigenvalue weighted by molar-refractivity contribution is 5.40. The van der Waals surface area contributed by atoms with E-state index in [-0.39, 0.29) is 0 Å². The van der Waals surface area contributed by atoms with E-state index in [0.717, 1.165) is 31.7 Å². The third-order valence-corrected chi connectivity index (χ3v) is 2.58. The van der Waals surface area contributed by atoms with Crippen LogP contribution in [-0.2, 0) is 11.2 Å². The lowest BCUT2D eigenvalue weighted by molar-refractivity contribution is 0.102. The van der Waals surface area contributed by atoms with Gasteiger partial charge in [0.1, 0.15) is 0 Å². The second-order valence-electron chi connectivity index (χ2n) is 4.48. The average molecular weight is 221 g/mol. The average Bonchev–Trinajstić information content (AvgIpc) is 2.24. The summed E-state index contributed by atoms with van der Waals surface area (Å²) in [5.41, 5.74) is 7.88. The van der Waals surface area contributed by atoms with Crippen LogP contribution in [-0.4, -0.2) is 13.2 Å². The molecule has 0 spiro atoms. The number of unbranched alkanes of at least 4 members (excludes halogenated alkanes) is 1. The fourth-order valence-electron chi connectivity index (χ4n) is 1.71.